The lowest BCUT2D eigenvalue weighted by Gasteiger charge is -1.99. The summed E-state index contributed by atoms with van der Waals surface area (Å²) in [5.41, 5.74) is 1.10. The lowest BCUT2D eigenvalue weighted by Crippen LogP contribution is -2.23. The van der Waals surface area contributed by atoms with Gasteiger partial charge in [0.15, 0.2) is 3.77 Å². The number of rotatable bonds is 5. The molecule has 19 heavy (non-hydrogen) atoms. The van der Waals surface area contributed by atoms with Gasteiger partial charge >= 0.3 is 0 Å². The molecule has 0 saturated carbocycles. The summed E-state index contributed by atoms with van der Waals surface area (Å²) in [6, 6.07) is 3.67. The highest BCUT2D eigenvalue weighted by Gasteiger charge is 1.99. The van der Waals surface area contributed by atoms with Gasteiger partial charge in [0.05, 0.1) is 6.20 Å². The number of carbonyl (C=O) groups is 1. The van der Waals surface area contributed by atoms with Crippen molar-refractivity contribution in [3.63, 3.8) is 0 Å². The zero-order valence-corrected chi connectivity index (χ0v) is 12.6. The monoisotopic (exact) mass is 371 g/mol. The van der Waals surface area contributed by atoms with Crippen LogP contribution in [0.5, 0.6) is 0 Å². The molecular formula is C13H14IN3O2. The van der Waals surface area contributed by atoms with Crippen LogP contribution in [-0.2, 0) is 18.3 Å². The largest absolute Gasteiger partial charge is 0.451 e. The summed E-state index contributed by atoms with van der Waals surface area (Å²) in [7, 11) is 1.87. The Hall–Kier alpha value is -1.57. The van der Waals surface area contributed by atoms with Crippen LogP contribution in [0.1, 0.15) is 11.3 Å². The third-order valence-electron chi connectivity index (χ3n) is 2.46. The Kier molecular flexibility index (Phi) is 4.78. The predicted octanol–water partition coefficient (Wildman–Crippen LogP) is 1.99. The van der Waals surface area contributed by atoms with Gasteiger partial charge in [-0.15, -0.1) is 0 Å². The van der Waals surface area contributed by atoms with E-state index in [4.69, 9.17) is 4.42 Å². The third-order valence-corrected chi connectivity index (χ3v) is 3.04. The van der Waals surface area contributed by atoms with Gasteiger partial charge in [0, 0.05) is 25.9 Å². The first-order valence-corrected chi connectivity index (χ1v) is 6.90. The summed E-state index contributed by atoms with van der Waals surface area (Å²) in [6.45, 7) is 0.588. The molecule has 0 aliphatic heterocycles. The molecule has 6 heteroatoms. The van der Waals surface area contributed by atoms with Gasteiger partial charge in [-0.25, -0.2) is 0 Å². The lowest BCUT2D eigenvalue weighted by molar-refractivity contribution is -0.116. The van der Waals surface area contributed by atoms with Gasteiger partial charge in [0.25, 0.3) is 0 Å². The molecular weight excluding hydrogens is 357 g/mol. The van der Waals surface area contributed by atoms with Crippen LogP contribution < -0.4 is 5.32 Å². The maximum atomic E-state index is 11.6. The van der Waals surface area contributed by atoms with E-state index in [0.29, 0.717) is 12.3 Å². The molecule has 0 aliphatic rings. The van der Waals surface area contributed by atoms with Crippen molar-refractivity contribution < 1.29 is 9.21 Å². The Balaban J connectivity index is 1.74. The lowest BCUT2D eigenvalue weighted by atomic mass is 10.2. The maximum Gasteiger partial charge on any atom is 0.244 e. The first kappa shape index (κ1) is 13.9. The summed E-state index contributed by atoms with van der Waals surface area (Å²) in [4.78, 5) is 11.6. The second-order valence-corrected chi connectivity index (χ2v) is 5.10. The molecule has 0 aliphatic carbocycles. The molecule has 100 valence electrons. The maximum absolute atomic E-state index is 11.6. The van der Waals surface area contributed by atoms with Gasteiger partial charge in [-0.3, -0.25) is 9.48 Å². The minimum Gasteiger partial charge on any atom is -0.451 e. The van der Waals surface area contributed by atoms with Gasteiger partial charge in [-0.2, -0.15) is 5.10 Å². The second kappa shape index (κ2) is 6.55. The van der Waals surface area contributed by atoms with Crippen LogP contribution in [0.2, 0.25) is 0 Å². The summed E-state index contributed by atoms with van der Waals surface area (Å²) in [5, 5.41) is 6.88. The Labute approximate surface area is 124 Å². The molecule has 2 aromatic heterocycles. The van der Waals surface area contributed by atoms with Crippen molar-refractivity contribution in [3.05, 3.63) is 45.7 Å². The van der Waals surface area contributed by atoms with Gasteiger partial charge in [-0.05, 0) is 52.8 Å². The third kappa shape index (κ3) is 4.55. The first-order chi connectivity index (χ1) is 9.13. The number of hydrogen-bond donors (Lipinski definition) is 1. The fraction of sp³-hybridized carbons (Fsp3) is 0.231. The number of carbonyl (C=O) groups excluding carboxylic acids is 1. The average Bonchev–Trinajstić information content (AvgIpc) is 2.96. The molecule has 0 spiro atoms. The normalized spacial score (nSPS) is 11.1. The van der Waals surface area contributed by atoms with Crippen molar-refractivity contribution in [1.82, 2.24) is 15.1 Å². The SMILES string of the molecule is Cn1cc(CCNC(=O)C=Cc2ccc(I)o2)cn1. The number of amides is 1. The van der Waals surface area contributed by atoms with Gasteiger partial charge in [-0.1, -0.05) is 0 Å². The highest BCUT2D eigenvalue weighted by molar-refractivity contribution is 14.1. The van der Waals surface area contributed by atoms with Crippen LogP contribution in [0.25, 0.3) is 6.08 Å². The fourth-order valence-electron chi connectivity index (χ4n) is 1.57. The topological polar surface area (TPSA) is 60.1 Å². The van der Waals surface area contributed by atoms with Crippen LogP contribution in [-0.4, -0.2) is 22.2 Å². The molecule has 1 amide bonds. The molecule has 2 heterocycles. The minimum absolute atomic E-state index is 0.129. The molecule has 0 fully saturated rings. The molecule has 0 atom stereocenters. The van der Waals surface area contributed by atoms with Crippen molar-refractivity contribution in [2.75, 3.05) is 6.54 Å². The predicted molar refractivity (Wildman–Crippen MR) is 80.4 cm³/mol. The van der Waals surface area contributed by atoms with E-state index in [2.05, 4.69) is 33.0 Å². The Morgan fingerprint density at radius 2 is 2.42 bits per heavy atom. The van der Waals surface area contributed by atoms with E-state index in [1.807, 2.05) is 25.4 Å². The highest BCUT2D eigenvalue weighted by atomic mass is 127. The Bertz CT molecular complexity index is 586. The number of nitrogens with zero attached hydrogens (tertiary/aromatic N) is 2. The van der Waals surface area contributed by atoms with E-state index >= 15 is 0 Å². The van der Waals surface area contributed by atoms with Crippen molar-refractivity contribution in [2.45, 2.75) is 6.42 Å². The second-order valence-electron chi connectivity index (χ2n) is 4.04. The molecule has 2 aromatic rings. The minimum atomic E-state index is -0.129. The highest BCUT2D eigenvalue weighted by Crippen LogP contribution is 2.11. The van der Waals surface area contributed by atoms with Crippen molar-refractivity contribution in [1.29, 1.82) is 0 Å². The van der Waals surface area contributed by atoms with Crippen molar-refractivity contribution in [3.8, 4) is 0 Å². The molecule has 2 rings (SSSR count). The van der Waals surface area contributed by atoms with E-state index in [-0.39, 0.29) is 5.91 Å². The van der Waals surface area contributed by atoms with E-state index in [1.165, 1.54) is 6.08 Å². The standard InChI is InChI=1S/C13H14IN3O2/c1-17-9-10(8-16-17)6-7-15-13(18)5-3-11-2-4-12(14)19-11/h2-5,8-9H,6-7H2,1H3,(H,15,18). The summed E-state index contributed by atoms with van der Waals surface area (Å²) in [6.07, 6.45) is 7.63. The molecule has 0 unspecified atom stereocenters. The van der Waals surface area contributed by atoms with Gasteiger partial charge in [0.2, 0.25) is 5.91 Å². The van der Waals surface area contributed by atoms with Crippen molar-refractivity contribution >= 4 is 34.6 Å². The van der Waals surface area contributed by atoms with Crippen LogP contribution in [0.4, 0.5) is 0 Å². The average molecular weight is 371 g/mol. The van der Waals surface area contributed by atoms with E-state index in [9.17, 15) is 4.79 Å². The molecule has 0 radical (unpaired) electrons. The Morgan fingerprint density at radius 3 is 3.05 bits per heavy atom. The molecule has 1 N–H and O–H groups in total. The van der Waals surface area contributed by atoms with Crippen LogP contribution in [0.3, 0.4) is 0 Å². The first-order valence-electron chi connectivity index (χ1n) is 5.82. The number of halogens is 1. The molecule has 0 saturated heterocycles. The Morgan fingerprint density at radius 1 is 1.58 bits per heavy atom. The van der Waals surface area contributed by atoms with Crippen molar-refractivity contribution in [2.24, 2.45) is 7.05 Å². The van der Waals surface area contributed by atoms with Gasteiger partial charge in [0.1, 0.15) is 5.76 Å². The van der Waals surface area contributed by atoms with Crippen LogP contribution in [0, 0.1) is 3.77 Å². The van der Waals surface area contributed by atoms with Crippen LogP contribution >= 0.6 is 22.6 Å². The number of furan rings is 1. The summed E-state index contributed by atoms with van der Waals surface area (Å²) >= 11 is 2.08. The number of aryl methyl sites for hydroxylation is 1. The van der Waals surface area contributed by atoms with Crippen LogP contribution in [0.15, 0.2) is 35.0 Å². The fourth-order valence-corrected chi connectivity index (χ4v) is 2.00. The van der Waals surface area contributed by atoms with E-state index in [1.54, 1.807) is 17.0 Å². The van der Waals surface area contributed by atoms with Gasteiger partial charge < -0.3 is 9.73 Å². The number of aromatic nitrogens is 2. The number of hydrogen-bond acceptors (Lipinski definition) is 3. The number of nitrogens with one attached hydrogen (secondary N) is 1. The summed E-state index contributed by atoms with van der Waals surface area (Å²) < 4.78 is 7.87. The van der Waals surface area contributed by atoms with E-state index < -0.39 is 0 Å². The molecule has 0 bridgehead atoms. The quantitative estimate of drug-likeness (QED) is 0.646. The van der Waals surface area contributed by atoms with E-state index in [0.717, 1.165) is 15.8 Å². The summed E-state index contributed by atoms with van der Waals surface area (Å²) in [5.74, 6) is 0.544. The molecule has 0 aromatic carbocycles. The zero-order chi connectivity index (χ0) is 13.7. The molecule has 5 nitrogen and oxygen atoms in total. The zero-order valence-electron chi connectivity index (χ0n) is 10.5. The smallest absolute Gasteiger partial charge is 0.244 e.